The quantitative estimate of drug-likeness (QED) is 0.464. The molecule has 6 heteroatoms. The maximum atomic E-state index is 12.5. The molecule has 1 aliphatic heterocycles. The van der Waals surface area contributed by atoms with Crippen molar-refractivity contribution in [2.24, 2.45) is 0 Å². The van der Waals surface area contributed by atoms with E-state index in [4.69, 9.17) is 9.15 Å². The molecule has 0 bridgehead atoms. The predicted octanol–water partition coefficient (Wildman–Crippen LogP) is 4.03. The van der Waals surface area contributed by atoms with E-state index >= 15 is 0 Å². The summed E-state index contributed by atoms with van der Waals surface area (Å²) in [4.78, 5) is 14.2. The highest BCUT2D eigenvalue weighted by Crippen LogP contribution is 2.28. The van der Waals surface area contributed by atoms with Gasteiger partial charge in [-0.2, -0.15) is 0 Å². The fraction of sp³-hybridized carbons (Fsp3) is 0.400. The summed E-state index contributed by atoms with van der Waals surface area (Å²) in [6.45, 7) is 0.573. The monoisotopic (exact) mass is 419 g/mol. The number of para-hydroxylation sites is 1. The van der Waals surface area contributed by atoms with Crippen LogP contribution in [0.25, 0.3) is 0 Å². The van der Waals surface area contributed by atoms with Crippen LogP contribution in [0.15, 0.2) is 59.0 Å². The number of ether oxygens (including phenoxy) is 1. The van der Waals surface area contributed by atoms with Gasteiger partial charge in [-0.25, -0.2) is 0 Å². The van der Waals surface area contributed by atoms with Crippen LogP contribution in [0.3, 0.4) is 0 Å². The van der Waals surface area contributed by atoms with Crippen molar-refractivity contribution < 1.29 is 13.9 Å². The van der Waals surface area contributed by atoms with Crippen LogP contribution >= 0.6 is 0 Å². The molecule has 0 fully saturated rings. The van der Waals surface area contributed by atoms with Gasteiger partial charge in [0.05, 0.1) is 6.54 Å². The third kappa shape index (κ3) is 5.94. The maximum absolute atomic E-state index is 12.5. The van der Waals surface area contributed by atoms with Crippen molar-refractivity contribution in [1.29, 1.82) is 0 Å². The molecule has 0 aliphatic carbocycles. The highest BCUT2D eigenvalue weighted by atomic mass is 16.5. The van der Waals surface area contributed by atoms with E-state index in [-0.39, 0.29) is 12.0 Å². The molecule has 1 aliphatic rings. The normalized spacial score (nSPS) is 14.8. The van der Waals surface area contributed by atoms with E-state index in [0.29, 0.717) is 31.2 Å². The molecular weight excluding hydrogens is 390 g/mol. The number of benzene rings is 2. The third-order valence-corrected chi connectivity index (χ3v) is 5.63. The molecule has 0 saturated heterocycles. The maximum Gasteiger partial charge on any atom is 0.222 e. The average molecular weight is 420 g/mol. The molecule has 0 spiro atoms. The second kappa shape index (κ2) is 10.2. The van der Waals surface area contributed by atoms with Gasteiger partial charge in [-0.1, -0.05) is 48.5 Å². The molecule has 0 radical (unpaired) electrons. The molecule has 3 aromatic rings. The van der Waals surface area contributed by atoms with Gasteiger partial charge in [0.25, 0.3) is 0 Å². The smallest absolute Gasteiger partial charge is 0.222 e. The lowest BCUT2D eigenvalue weighted by Crippen LogP contribution is -2.36. The number of carbonyl (C=O) groups excluding carboxylic acids is 1. The Morgan fingerprint density at radius 1 is 0.968 bits per heavy atom. The number of amides is 1. The summed E-state index contributed by atoms with van der Waals surface area (Å²) in [5.74, 6) is 2.17. The Labute approximate surface area is 183 Å². The van der Waals surface area contributed by atoms with E-state index in [0.717, 1.165) is 37.9 Å². The summed E-state index contributed by atoms with van der Waals surface area (Å²) in [6.07, 6.45) is 5.58. The van der Waals surface area contributed by atoms with Gasteiger partial charge in [-0.3, -0.25) is 4.79 Å². The van der Waals surface area contributed by atoms with E-state index in [1.165, 1.54) is 11.1 Å². The van der Waals surface area contributed by atoms with Gasteiger partial charge in [0.2, 0.25) is 17.7 Å². The first-order valence-corrected chi connectivity index (χ1v) is 11.0. The lowest BCUT2D eigenvalue weighted by molar-refractivity contribution is -0.130. The van der Waals surface area contributed by atoms with Crippen LogP contribution in [0.4, 0.5) is 0 Å². The summed E-state index contributed by atoms with van der Waals surface area (Å²) in [6, 6.07) is 18.5. The summed E-state index contributed by atoms with van der Waals surface area (Å²) in [5.41, 5.74) is 2.55. The Hall–Kier alpha value is -3.15. The lowest BCUT2D eigenvalue weighted by atomic mass is 10.1. The molecular formula is C25H29N3O3. The first-order valence-electron chi connectivity index (χ1n) is 11.0. The fourth-order valence-corrected chi connectivity index (χ4v) is 3.91. The van der Waals surface area contributed by atoms with E-state index < -0.39 is 0 Å². The van der Waals surface area contributed by atoms with Crippen LogP contribution in [-0.4, -0.2) is 40.7 Å². The minimum absolute atomic E-state index is 0.0113. The number of fused-ring (bicyclic) bond motifs is 1. The zero-order valence-corrected chi connectivity index (χ0v) is 18.0. The van der Waals surface area contributed by atoms with E-state index in [9.17, 15) is 4.79 Å². The molecule has 0 unspecified atom stereocenters. The van der Waals surface area contributed by atoms with Crippen LogP contribution in [0.1, 0.15) is 42.2 Å². The van der Waals surface area contributed by atoms with E-state index in [1.807, 2.05) is 31.3 Å². The number of carbonyl (C=O) groups is 1. The van der Waals surface area contributed by atoms with Gasteiger partial charge in [0.1, 0.15) is 11.9 Å². The second-order valence-electron chi connectivity index (χ2n) is 8.11. The van der Waals surface area contributed by atoms with Crippen molar-refractivity contribution in [3.05, 3.63) is 77.5 Å². The number of likely N-dealkylation sites (N-methyl/N-ethyl adjacent to an activating group) is 1. The molecule has 1 atom stereocenters. The van der Waals surface area contributed by atoms with Crippen molar-refractivity contribution in [2.45, 2.75) is 51.0 Å². The largest absolute Gasteiger partial charge is 0.488 e. The number of rotatable bonds is 10. The molecule has 0 N–H and O–H groups in total. The Morgan fingerprint density at radius 3 is 2.48 bits per heavy atom. The molecule has 1 aromatic heterocycles. The lowest BCUT2D eigenvalue weighted by Gasteiger charge is -2.20. The van der Waals surface area contributed by atoms with Crippen molar-refractivity contribution >= 4 is 5.91 Å². The van der Waals surface area contributed by atoms with Gasteiger partial charge in [-0.05, 0) is 36.5 Å². The molecule has 2 aromatic carbocycles. The van der Waals surface area contributed by atoms with Crippen molar-refractivity contribution in [1.82, 2.24) is 15.1 Å². The summed E-state index contributed by atoms with van der Waals surface area (Å²) in [7, 11) is 1.82. The van der Waals surface area contributed by atoms with Crippen LogP contribution in [0.2, 0.25) is 0 Å². The topological polar surface area (TPSA) is 68.5 Å². The Bertz CT molecular complexity index is 961. The van der Waals surface area contributed by atoms with E-state index in [2.05, 4.69) is 40.5 Å². The average Bonchev–Trinajstić information content (AvgIpc) is 3.42. The van der Waals surface area contributed by atoms with Gasteiger partial charge in [0.15, 0.2) is 0 Å². The highest BCUT2D eigenvalue weighted by Gasteiger charge is 2.25. The molecule has 0 saturated carbocycles. The first-order chi connectivity index (χ1) is 15.2. The first kappa shape index (κ1) is 21.1. The number of nitrogens with zero attached hydrogens (tertiary/aromatic N) is 3. The van der Waals surface area contributed by atoms with Gasteiger partial charge >= 0.3 is 0 Å². The van der Waals surface area contributed by atoms with Crippen molar-refractivity contribution in [3.8, 4) is 5.75 Å². The Kier molecular flexibility index (Phi) is 6.97. The summed E-state index contributed by atoms with van der Waals surface area (Å²) < 4.78 is 11.7. The van der Waals surface area contributed by atoms with Crippen LogP contribution in [-0.2, 0) is 30.5 Å². The zero-order valence-electron chi connectivity index (χ0n) is 18.0. The second-order valence-corrected chi connectivity index (χ2v) is 8.11. The molecule has 6 nitrogen and oxygen atoms in total. The van der Waals surface area contributed by atoms with Crippen LogP contribution < -0.4 is 4.74 Å². The molecule has 4 rings (SSSR count). The molecule has 2 heterocycles. The standard InChI is InChI=1S/C25H29N3O3/c1-28(18-21-17-20-12-6-7-13-22(20)30-21)25(29)16-15-24-27-26-23(31-24)14-8-5-11-19-9-3-2-4-10-19/h2-4,6-7,9-10,12-13,21H,5,8,11,14-18H2,1H3/t21-/m0/s1. The van der Waals surface area contributed by atoms with Gasteiger partial charge in [-0.15, -0.1) is 10.2 Å². The SMILES string of the molecule is CN(C[C@@H]1Cc2ccccc2O1)C(=O)CCc1nnc(CCCCc2ccccc2)o1. The van der Waals surface area contributed by atoms with Crippen molar-refractivity contribution in [3.63, 3.8) is 0 Å². The molecule has 1 amide bonds. The Morgan fingerprint density at radius 2 is 1.68 bits per heavy atom. The minimum atomic E-state index is 0.0113. The molecule has 31 heavy (non-hydrogen) atoms. The number of unbranched alkanes of at least 4 members (excludes halogenated alkanes) is 1. The van der Waals surface area contributed by atoms with Crippen LogP contribution in [0, 0.1) is 0 Å². The number of hydrogen-bond acceptors (Lipinski definition) is 5. The number of aromatic nitrogens is 2. The predicted molar refractivity (Wildman–Crippen MR) is 118 cm³/mol. The summed E-state index contributed by atoms with van der Waals surface area (Å²) in [5, 5.41) is 8.23. The molecule has 162 valence electrons. The van der Waals surface area contributed by atoms with Crippen LogP contribution in [0.5, 0.6) is 5.75 Å². The zero-order chi connectivity index (χ0) is 21.5. The van der Waals surface area contributed by atoms with E-state index in [1.54, 1.807) is 4.90 Å². The Balaban J connectivity index is 1.15. The number of hydrogen-bond donors (Lipinski definition) is 0. The minimum Gasteiger partial charge on any atom is -0.488 e. The van der Waals surface area contributed by atoms with Gasteiger partial charge in [0, 0.05) is 32.7 Å². The van der Waals surface area contributed by atoms with Crippen molar-refractivity contribution in [2.75, 3.05) is 13.6 Å². The number of aryl methyl sites for hydroxylation is 3. The summed E-state index contributed by atoms with van der Waals surface area (Å²) >= 11 is 0. The third-order valence-electron chi connectivity index (χ3n) is 5.63. The van der Waals surface area contributed by atoms with Gasteiger partial charge < -0.3 is 14.1 Å². The highest BCUT2D eigenvalue weighted by molar-refractivity contribution is 5.76. The fourth-order valence-electron chi connectivity index (χ4n) is 3.91.